The van der Waals surface area contributed by atoms with Gasteiger partial charge in [0.15, 0.2) is 6.29 Å². The topological polar surface area (TPSA) is 110 Å². The first-order chi connectivity index (χ1) is 36.2. The summed E-state index contributed by atoms with van der Waals surface area (Å²) in [4.78, 5) is 40.8. The highest BCUT2D eigenvalue weighted by atomic mass is 19.4. The third-order valence-electron chi connectivity index (χ3n) is 12.9. The van der Waals surface area contributed by atoms with Crippen LogP contribution in [0.2, 0.25) is 0 Å². The molecule has 1 aromatic rings. The summed E-state index contributed by atoms with van der Waals surface area (Å²) in [7, 11) is 0. The van der Waals surface area contributed by atoms with Crippen molar-refractivity contribution in [3.8, 4) is 0 Å². The highest BCUT2D eigenvalue weighted by Gasteiger charge is 2.57. The summed E-state index contributed by atoms with van der Waals surface area (Å²) in [6.45, 7) is 6.70. The molecule has 2 rings (SSSR count). The predicted octanol–water partition coefficient (Wildman–Crippen LogP) is 16.4. The lowest BCUT2D eigenvalue weighted by Crippen LogP contribution is -2.37. The Morgan fingerprint density at radius 1 is 0.579 bits per heavy atom. The maximum absolute atomic E-state index is 13.3. The van der Waals surface area contributed by atoms with Gasteiger partial charge in [0.05, 0.1) is 13.0 Å². The molecule has 0 aliphatic carbocycles. The number of halogens is 10. The molecule has 0 spiro atoms. The number of piperidine rings is 1. The van der Waals surface area contributed by atoms with Crippen LogP contribution in [0.5, 0.6) is 0 Å². The summed E-state index contributed by atoms with van der Waals surface area (Å²) in [5.74, 6) is -10.5. The van der Waals surface area contributed by atoms with Crippen molar-refractivity contribution in [1.82, 2.24) is 4.90 Å². The van der Waals surface area contributed by atoms with E-state index < -0.39 is 55.5 Å². The van der Waals surface area contributed by atoms with Gasteiger partial charge < -0.3 is 33.3 Å². The van der Waals surface area contributed by atoms with Gasteiger partial charge in [0, 0.05) is 51.4 Å². The van der Waals surface area contributed by atoms with Gasteiger partial charge in [-0.15, -0.1) is 0 Å². The molecule has 20 heteroatoms. The largest absolute Gasteiger partial charge is 0.508 e. The van der Waals surface area contributed by atoms with E-state index in [1.807, 2.05) is 0 Å². The number of allylic oxidation sites excluding steroid dienone is 4. The van der Waals surface area contributed by atoms with Gasteiger partial charge in [-0.25, -0.2) is 4.79 Å². The summed E-state index contributed by atoms with van der Waals surface area (Å²) < 4.78 is 162. The van der Waals surface area contributed by atoms with E-state index >= 15 is 0 Å². The normalized spacial score (nSPS) is 15.0. The first-order valence-electron chi connectivity index (χ1n) is 27.5. The van der Waals surface area contributed by atoms with Gasteiger partial charge in [-0.05, 0) is 125 Å². The fraction of sp³-hybridized carbons (Fsp3) is 0.768. The van der Waals surface area contributed by atoms with Gasteiger partial charge in [-0.1, -0.05) is 95.9 Å². The smallest absolute Gasteiger partial charge is 0.461 e. The number of ether oxygens (including phenoxy) is 6. The van der Waals surface area contributed by atoms with Crippen LogP contribution in [0, 0.1) is 5.92 Å². The standard InChI is InChI=1S/C56H85F10NO9/c1-3-5-6-7-8-9-10-11-12-13-14-15-16-17-22-29-49(68)73-42-46-37-47(39-48(38-46)44-76-52(70)75-41-45-28-27-34-67(4-2)40-45)43-74-50(69)30-31-51(71-35-25-20-18-23-32-53(57,58)55(61,62)63)72-36-26-21-19-24-33-54(59,60)56(64,65)66/h8-9,11-12,37-39,45,51H,3-7,10,13-36,40-44H2,1-2H3/b9-8-,12-11-. The highest BCUT2D eigenvalue weighted by molar-refractivity contribution is 5.69. The molecule has 1 aliphatic heterocycles. The summed E-state index contributed by atoms with van der Waals surface area (Å²) in [6.07, 6.45) is 6.90. The summed E-state index contributed by atoms with van der Waals surface area (Å²) in [5.41, 5.74) is 1.57. The first-order valence-corrected chi connectivity index (χ1v) is 27.5. The third-order valence-corrected chi connectivity index (χ3v) is 12.9. The van der Waals surface area contributed by atoms with Crippen molar-refractivity contribution in [2.75, 3.05) is 39.5 Å². The molecule has 0 bridgehead atoms. The summed E-state index contributed by atoms with van der Waals surface area (Å²) >= 11 is 0. The van der Waals surface area contributed by atoms with Crippen molar-refractivity contribution in [2.24, 2.45) is 5.92 Å². The molecule has 1 fully saturated rings. The van der Waals surface area contributed by atoms with Crippen molar-refractivity contribution in [2.45, 2.75) is 231 Å². The van der Waals surface area contributed by atoms with Crippen molar-refractivity contribution < 1.29 is 86.7 Å². The minimum absolute atomic E-state index is 0.00830. The number of benzene rings is 1. The van der Waals surface area contributed by atoms with Crippen LogP contribution in [0.1, 0.15) is 197 Å². The van der Waals surface area contributed by atoms with Gasteiger partial charge in [-0.2, -0.15) is 43.9 Å². The van der Waals surface area contributed by atoms with E-state index in [-0.39, 0.29) is 122 Å². The Balaban J connectivity index is 1.96. The van der Waals surface area contributed by atoms with E-state index in [1.165, 1.54) is 19.3 Å². The molecule has 1 heterocycles. The fourth-order valence-electron chi connectivity index (χ4n) is 8.36. The monoisotopic (exact) mass is 1110 g/mol. The molecule has 1 atom stereocenters. The van der Waals surface area contributed by atoms with Crippen LogP contribution in [0.15, 0.2) is 42.5 Å². The molecule has 0 radical (unpaired) electrons. The first kappa shape index (κ1) is 68.2. The Morgan fingerprint density at radius 2 is 1.05 bits per heavy atom. The molecular weight excluding hydrogens is 1020 g/mol. The Kier molecular flexibility index (Phi) is 34.7. The van der Waals surface area contributed by atoms with E-state index in [0.717, 1.165) is 77.4 Å². The summed E-state index contributed by atoms with van der Waals surface area (Å²) in [5, 5.41) is 0. The highest BCUT2D eigenvalue weighted by Crippen LogP contribution is 2.40. The van der Waals surface area contributed by atoms with Crippen LogP contribution in [0.25, 0.3) is 0 Å². The quantitative estimate of drug-likeness (QED) is 0.0157. The average Bonchev–Trinajstić information content (AvgIpc) is 3.37. The Hall–Kier alpha value is -3.91. The maximum atomic E-state index is 13.3. The maximum Gasteiger partial charge on any atom is 0.508 e. The molecular formula is C56H85F10NO9. The number of hydrogen-bond donors (Lipinski definition) is 0. The molecule has 0 N–H and O–H groups in total. The van der Waals surface area contributed by atoms with Crippen molar-refractivity contribution in [1.29, 1.82) is 0 Å². The van der Waals surface area contributed by atoms with E-state index in [2.05, 4.69) is 43.1 Å². The molecule has 438 valence electrons. The van der Waals surface area contributed by atoms with Crippen LogP contribution in [-0.4, -0.2) is 92.9 Å². The zero-order valence-corrected chi connectivity index (χ0v) is 44.8. The molecule has 0 amide bonds. The lowest BCUT2D eigenvalue weighted by atomic mass is 9.99. The second-order valence-corrected chi connectivity index (χ2v) is 19.7. The van der Waals surface area contributed by atoms with E-state index in [9.17, 15) is 58.3 Å². The van der Waals surface area contributed by atoms with E-state index in [0.29, 0.717) is 23.1 Å². The zero-order valence-electron chi connectivity index (χ0n) is 44.8. The van der Waals surface area contributed by atoms with Crippen LogP contribution >= 0.6 is 0 Å². The van der Waals surface area contributed by atoms with Crippen molar-refractivity contribution in [3.63, 3.8) is 0 Å². The lowest BCUT2D eigenvalue weighted by Gasteiger charge is -2.31. The molecule has 0 aromatic heterocycles. The van der Waals surface area contributed by atoms with Gasteiger partial charge in [0.1, 0.15) is 19.8 Å². The molecule has 1 unspecified atom stereocenters. The second-order valence-electron chi connectivity index (χ2n) is 19.7. The van der Waals surface area contributed by atoms with Crippen molar-refractivity contribution >= 4 is 18.1 Å². The number of esters is 2. The Labute approximate surface area is 444 Å². The van der Waals surface area contributed by atoms with Crippen molar-refractivity contribution in [3.05, 3.63) is 59.2 Å². The third kappa shape index (κ3) is 32.1. The zero-order chi connectivity index (χ0) is 56.1. The lowest BCUT2D eigenvalue weighted by molar-refractivity contribution is -0.284. The minimum Gasteiger partial charge on any atom is -0.461 e. The molecule has 1 aromatic carbocycles. The number of hydrogen-bond acceptors (Lipinski definition) is 10. The van der Waals surface area contributed by atoms with E-state index in [4.69, 9.17) is 28.4 Å². The number of rotatable bonds is 42. The average molecular weight is 1110 g/mol. The second kappa shape index (κ2) is 38.6. The molecule has 1 aliphatic rings. The number of unbranched alkanes of at least 4 members (excludes halogenated alkanes) is 14. The SMILES string of the molecule is CCCCC/C=C\C/C=C\CCCCCCCC(=O)OCc1cc(COC(=O)CCC(OCCCCCCC(F)(F)C(F)(F)F)OCCCCCCC(F)(F)C(F)(F)F)cc(COC(=O)OCC2CCCN(CC)C2)c1. The van der Waals surface area contributed by atoms with E-state index in [1.54, 1.807) is 18.2 Å². The minimum atomic E-state index is -5.64. The molecule has 10 nitrogen and oxygen atoms in total. The van der Waals surface area contributed by atoms with Gasteiger partial charge in [0.2, 0.25) is 0 Å². The Bertz CT molecular complexity index is 1750. The Morgan fingerprint density at radius 3 is 1.58 bits per heavy atom. The number of nitrogens with zero attached hydrogens (tertiary/aromatic N) is 1. The predicted molar refractivity (Wildman–Crippen MR) is 269 cm³/mol. The fourth-order valence-corrected chi connectivity index (χ4v) is 8.36. The van der Waals surface area contributed by atoms with Crippen LogP contribution in [0.4, 0.5) is 48.7 Å². The number of carbonyl (C=O) groups is 3. The molecule has 1 saturated heterocycles. The van der Waals surface area contributed by atoms with Gasteiger partial charge in [-0.3, -0.25) is 9.59 Å². The van der Waals surface area contributed by atoms with Crippen LogP contribution in [0.3, 0.4) is 0 Å². The number of carbonyl (C=O) groups excluding carboxylic acids is 3. The summed E-state index contributed by atoms with van der Waals surface area (Å²) in [6, 6.07) is 5.06. The molecule has 0 saturated carbocycles. The van der Waals surface area contributed by atoms with Gasteiger partial charge in [0.25, 0.3) is 0 Å². The van der Waals surface area contributed by atoms with Crippen LogP contribution < -0.4 is 0 Å². The molecule has 76 heavy (non-hydrogen) atoms. The van der Waals surface area contributed by atoms with Crippen LogP contribution in [-0.2, 0) is 57.8 Å². The number of alkyl halides is 10. The number of likely N-dealkylation sites (tertiary alicyclic amines) is 1. The van der Waals surface area contributed by atoms with Gasteiger partial charge >= 0.3 is 42.3 Å².